The van der Waals surface area contributed by atoms with Crippen molar-refractivity contribution in [2.45, 2.75) is 57.4 Å². The molecule has 0 spiro atoms. The van der Waals surface area contributed by atoms with Crippen molar-refractivity contribution in [3.8, 4) is 0 Å². The summed E-state index contributed by atoms with van der Waals surface area (Å²) in [5, 5.41) is 0. The zero-order valence-corrected chi connectivity index (χ0v) is 15.2. The summed E-state index contributed by atoms with van der Waals surface area (Å²) in [4.78, 5) is 23.3. The molecule has 1 aliphatic carbocycles. The number of amides is 1. The number of carbonyl (C=O) groups excluding carboxylic acids is 1. The van der Waals surface area contributed by atoms with E-state index in [-0.39, 0.29) is 5.91 Å². The number of hydrogen-bond donors (Lipinski definition) is 0. The van der Waals surface area contributed by atoms with Crippen molar-refractivity contribution < 1.29 is 4.79 Å². The van der Waals surface area contributed by atoms with E-state index in [4.69, 9.17) is 0 Å². The minimum absolute atomic E-state index is 0.212. The van der Waals surface area contributed by atoms with Crippen molar-refractivity contribution in [3.63, 3.8) is 0 Å². The molecule has 132 valence electrons. The topological polar surface area (TPSA) is 46.1 Å². The van der Waals surface area contributed by atoms with Crippen molar-refractivity contribution in [2.75, 3.05) is 7.05 Å². The van der Waals surface area contributed by atoms with Crippen molar-refractivity contribution in [3.05, 3.63) is 59.7 Å². The molecule has 2 unspecified atom stereocenters. The lowest BCUT2D eigenvalue weighted by Crippen LogP contribution is -2.42. The van der Waals surface area contributed by atoms with Crippen LogP contribution in [0.25, 0.3) is 0 Å². The second-order valence-corrected chi connectivity index (χ2v) is 6.97. The highest BCUT2D eigenvalue weighted by Crippen LogP contribution is 2.35. The van der Waals surface area contributed by atoms with Crippen molar-refractivity contribution in [2.24, 2.45) is 0 Å². The standard InChI is InChI=1S/C21H27N3O/c1-16-22-15-14-18(23-16)12-13-21(25)24(2)20-11-7-6-10-19(20)17-8-4-3-5-9-17/h3-5,8-9,14-15,19-20H,6-7,10-13H2,1-2H3. The number of carbonyl (C=O) groups is 1. The molecule has 0 saturated heterocycles. The van der Waals surface area contributed by atoms with Gasteiger partial charge in [-0.15, -0.1) is 0 Å². The monoisotopic (exact) mass is 337 g/mol. The number of likely N-dealkylation sites (N-methyl/N-ethyl adjacent to an activating group) is 1. The Hall–Kier alpha value is -2.23. The lowest BCUT2D eigenvalue weighted by molar-refractivity contribution is -0.132. The van der Waals surface area contributed by atoms with Crippen LogP contribution in [0.4, 0.5) is 0 Å². The summed E-state index contributed by atoms with van der Waals surface area (Å²) < 4.78 is 0. The van der Waals surface area contributed by atoms with Gasteiger partial charge in [0.2, 0.25) is 5.91 Å². The molecule has 1 saturated carbocycles. The molecule has 0 N–H and O–H groups in total. The molecule has 3 rings (SSSR count). The Morgan fingerprint density at radius 2 is 1.92 bits per heavy atom. The third-order valence-corrected chi connectivity index (χ3v) is 5.28. The average molecular weight is 337 g/mol. The van der Waals surface area contributed by atoms with Crippen LogP contribution in [0.15, 0.2) is 42.6 Å². The fourth-order valence-electron chi connectivity index (χ4n) is 3.90. The highest BCUT2D eigenvalue weighted by Gasteiger charge is 2.31. The van der Waals surface area contributed by atoms with Gasteiger partial charge >= 0.3 is 0 Å². The van der Waals surface area contributed by atoms with Crippen LogP contribution in [-0.2, 0) is 11.2 Å². The van der Waals surface area contributed by atoms with Gasteiger partial charge in [0, 0.05) is 37.3 Å². The molecule has 1 aromatic heterocycles. The zero-order chi connectivity index (χ0) is 17.6. The Kier molecular flexibility index (Phi) is 5.79. The van der Waals surface area contributed by atoms with Gasteiger partial charge in [-0.25, -0.2) is 9.97 Å². The summed E-state index contributed by atoms with van der Waals surface area (Å²) >= 11 is 0. The zero-order valence-electron chi connectivity index (χ0n) is 15.2. The van der Waals surface area contributed by atoms with Gasteiger partial charge in [0.25, 0.3) is 0 Å². The third-order valence-electron chi connectivity index (χ3n) is 5.28. The molecule has 25 heavy (non-hydrogen) atoms. The first-order valence-electron chi connectivity index (χ1n) is 9.24. The first-order valence-corrected chi connectivity index (χ1v) is 9.24. The van der Waals surface area contributed by atoms with Crippen LogP contribution in [0.5, 0.6) is 0 Å². The Morgan fingerprint density at radius 3 is 2.68 bits per heavy atom. The van der Waals surface area contributed by atoms with E-state index >= 15 is 0 Å². The Labute approximate surface area is 150 Å². The van der Waals surface area contributed by atoms with Crippen molar-refractivity contribution in [1.82, 2.24) is 14.9 Å². The maximum Gasteiger partial charge on any atom is 0.222 e. The quantitative estimate of drug-likeness (QED) is 0.831. The molecule has 2 atom stereocenters. The van der Waals surface area contributed by atoms with Gasteiger partial charge < -0.3 is 4.90 Å². The van der Waals surface area contributed by atoms with E-state index in [0.29, 0.717) is 24.8 Å². The molecule has 1 amide bonds. The number of benzene rings is 1. The molecule has 0 radical (unpaired) electrons. The van der Waals surface area contributed by atoms with Crippen LogP contribution in [-0.4, -0.2) is 33.9 Å². The highest BCUT2D eigenvalue weighted by molar-refractivity contribution is 5.76. The summed E-state index contributed by atoms with van der Waals surface area (Å²) in [6, 6.07) is 12.8. The first kappa shape index (κ1) is 17.6. The fraction of sp³-hybridized carbons (Fsp3) is 0.476. The molecule has 0 aliphatic heterocycles. The van der Waals surface area contributed by atoms with Crippen LogP contribution >= 0.6 is 0 Å². The lowest BCUT2D eigenvalue weighted by Gasteiger charge is -2.38. The third kappa shape index (κ3) is 4.44. The van der Waals surface area contributed by atoms with E-state index < -0.39 is 0 Å². The molecule has 4 heteroatoms. The molecular formula is C21H27N3O. The highest BCUT2D eigenvalue weighted by atomic mass is 16.2. The second kappa shape index (κ2) is 8.24. The molecule has 0 bridgehead atoms. The number of aromatic nitrogens is 2. The van der Waals surface area contributed by atoms with Crippen LogP contribution in [0, 0.1) is 6.92 Å². The number of rotatable bonds is 5. The SMILES string of the molecule is Cc1nccc(CCC(=O)N(C)C2CCCCC2c2ccccc2)n1. The van der Waals surface area contributed by atoms with Gasteiger partial charge in [0.1, 0.15) is 5.82 Å². The maximum atomic E-state index is 12.8. The van der Waals surface area contributed by atoms with E-state index in [9.17, 15) is 4.79 Å². The van der Waals surface area contributed by atoms with Gasteiger partial charge in [0.05, 0.1) is 0 Å². The lowest BCUT2D eigenvalue weighted by atomic mass is 9.79. The largest absolute Gasteiger partial charge is 0.342 e. The fourth-order valence-corrected chi connectivity index (χ4v) is 3.90. The molecule has 1 aliphatic rings. The number of hydrogen-bond acceptors (Lipinski definition) is 3. The first-order chi connectivity index (χ1) is 12.1. The summed E-state index contributed by atoms with van der Waals surface area (Å²) in [5.74, 6) is 1.42. The van der Waals surface area contributed by atoms with E-state index in [2.05, 4.69) is 40.3 Å². The smallest absolute Gasteiger partial charge is 0.222 e. The van der Waals surface area contributed by atoms with Gasteiger partial charge in [-0.1, -0.05) is 43.2 Å². The molecule has 2 aromatic rings. The van der Waals surface area contributed by atoms with Crippen LogP contribution < -0.4 is 0 Å². The summed E-state index contributed by atoms with van der Waals surface area (Å²) in [5.41, 5.74) is 2.30. The van der Waals surface area contributed by atoms with Crippen molar-refractivity contribution in [1.29, 1.82) is 0 Å². The molecule has 1 heterocycles. The molecule has 1 fully saturated rings. The second-order valence-electron chi connectivity index (χ2n) is 6.97. The predicted octanol–water partition coefficient (Wildman–Crippen LogP) is 3.90. The van der Waals surface area contributed by atoms with Gasteiger partial charge in [-0.05, 0) is 37.8 Å². The molecular weight excluding hydrogens is 310 g/mol. The van der Waals surface area contributed by atoms with Crippen molar-refractivity contribution >= 4 is 5.91 Å². The maximum absolute atomic E-state index is 12.8. The minimum atomic E-state index is 0.212. The van der Waals surface area contributed by atoms with Crippen LogP contribution in [0.2, 0.25) is 0 Å². The van der Waals surface area contributed by atoms with E-state index in [0.717, 1.165) is 24.4 Å². The van der Waals surface area contributed by atoms with Gasteiger partial charge in [-0.2, -0.15) is 0 Å². The summed E-state index contributed by atoms with van der Waals surface area (Å²) in [6.07, 6.45) is 7.65. The average Bonchev–Trinajstić information content (AvgIpc) is 2.66. The van der Waals surface area contributed by atoms with E-state index in [1.54, 1.807) is 6.20 Å². The summed E-state index contributed by atoms with van der Waals surface area (Å²) in [6.45, 7) is 1.88. The van der Waals surface area contributed by atoms with Crippen LogP contribution in [0.1, 0.15) is 55.1 Å². The Bertz CT molecular complexity index is 701. The molecule has 4 nitrogen and oxygen atoms in total. The Morgan fingerprint density at radius 1 is 1.16 bits per heavy atom. The van der Waals surface area contributed by atoms with Gasteiger partial charge in [0.15, 0.2) is 0 Å². The number of aryl methyl sites for hydroxylation is 2. The summed E-state index contributed by atoms with van der Waals surface area (Å²) in [7, 11) is 1.97. The van der Waals surface area contributed by atoms with Gasteiger partial charge in [-0.3, -0.25) is 4.79 Å². The number of nitrogens with zero attached hydrogens (tertiary/aromatic N) is 3. The predicted molar refractivity (Wildman–Crippen MR) is 99.3 cm³/mol. The minimum Gasteiger partial charge on any atom is -0.342 e. The van der Waals surface area contributed by atoms with Crippen LogP contribution in [0.3, 0.4) is 0 Å². The van der Waals surface area contributed by atoms with E-state index in [1.807, 2.05) is 24.9 Å². The van der Waals surface area contributed by atoms with E-state index in [1.165, 1.54) is 18.4 Å². The normalized spacial score (nSPS) is 20.2. The molecule has 1 aromatic carbocycles. The Balaban J connectivity index is 1.65.